The van der Waals surface area contributed by atoms with E-state index in [1.54, 1.807) is 8.26 Å². The first-order valence-electron chi connectivity index (χ1n) is 12.1. The van der Waals surface area contributed by atoms with Gasteiger partial charge in [0.25, 0.3) is 0 Å². The molecular weight excluding hydrogens is 404 g/mol. The van der Waals surface area contributed by atoms with Crippen molar-refractivity contribution in [3.8, 4) is 0 Å². The van der Waals surface area contributed by atoms with E-state index in [0.29, 0.717) is 0 Å². The van der Waals surface area contributed by atoms with E-state index in [9.17, 15) is 0 Å². The van der Waals surface area contributed by atoms with E-state index in [4.69, 9.17) is 0 Å². The fraction of sp³-hybridized carbons (Fsp3) is 0.692. The van der Waals surface area contributed by atoms with Crippen LogP contribution in [0.1, 0.15) is 90.9 Å². The van der Waals surface area contributed by atoms with Crippen molar-refractivity contribution in [2.75, 3.05) is 0 Å². The van der Waals surface area contributed by atoms with Crippen LogP contribution in [0.2, 0.25) is 15.5 Å². The van der Waals surface area contributed by atoms with E-state index in [0.717, 1.165) is 7.25 Å². The second-order valence-corrected chi connectivity index (χ2v) is 21.4. The molecule has 2 unspecified atom stereocenters. The third-order valence-corrected chi connectivity index (χ3v) is 21.6. The van der Waals surface area contributed by atoms with Crippen LogP contribution in [0.3, 0.4) is 0 Å². The van der Waals surface area contributed by atoms with Crippen LogP contribution in [0.15, 0.2) is 45.6 Å². The van der Waals surface area contributed by atoms with Gasteiger partial charge in [0.2, 0.25) is 0 Å². The SMILES string of the molecule is CCCC1=CC2=C(CCCC2)[CH]1[Zr]1([CH]2C(CCC)=CC3=C2CCCC3)[CH2][CH2]1. The van der Waals surface area contributed by atoms with E-state index in [1.165, 1.54) is 77.0 Å². The molecule has 0 aromatic carbocycles. The Morgan fingerprint density at radius 1 is 0.704 bits per heavy atom. The van der Waals surface area contributed by atoms with Crippen LogP contribution in [0.25, 0.3) is 0 Å². The summed E-state index contributed by atoms with van der Waals surface area (Å²) in [4.78, 5) is 0. The van der Waals surface area contributed by atoms with Gasteiger partial charge in [-0.25, -0.2) is 0 Å². The van der Waals surface area contributed by atoms with Gasteiger partial charge >= 0.3 is 172 Å². The molecule has 1 fully saturated rings. The van der Waals surface area contributed by atoms with E-state index in [2.05, 4.69) is 26.0 Å². The molecule has 0 saturated carbocycles. The molecule has 0 spiro atoms. The van der Waals surface area contributed by atoms with E-state index in [1.807, 2.05) is 33.4 Å². The Morgan fingerprint density at radius 3 is 1.56 bits per heavy atom. The van der Waals surface area contributed by atoms with Crippen molar-refractivity contribution in [2.45, 2.75) is 106 Å². The fourth-order valence-corrected chi connectivity index (χ4v) is 25.6. The van der Waals surface area contributed by atoms with Crippen LogP contribution < -0.4 is 0 Å². The van der Waals surface area contributed by atoms with Crippen molar-refractivity contribution in [1.82, 2.24) is 0 Å². The first-order chi connectivity index (χ1) is 13.3. The zero-order chi connectivity index (χ0) is 18.4. The maximum absolute atomic E-state index is 2.74. The van der Waals surface area contributed by atoms with Crippen molar-refractivity contribution in [3.05, 3.63) is 45.6 Å². The van der Waals surface area contributed by atoms with Crippen molar-refractivity contribution in [3.63, 3.8) is 0 Å². The fourth-order valence-electron chi connectivity index (χ4n) is 7.29. The summed E-state index contributed by atoms with van der Waals surface area (Å²) in [5, 5.41) is 0. The summed E-state index contributed by atoms with van der Waals surface area (Å²) in [6, 6.07) is 0. The molecule has 2 atom stereocenters. The summed E-state index contributed by atoms with van der Waals surface area (Å²) in [6.07, 6.45) is 22.5. The molecule has 1 heterocycles. The first-order valence-corrected chi connectivity index (χ1v) is 18.4. The molecule has 1 heteroatoms. The van der Waals surface area contributed by atoms with Gasteiger partial charge in [-0.15, -0.1) is 0 Å². The predicted octanol–water partition coefficient (Wildman–Crippen LogP) is 8.79. The van der Waals surface area contributed by atoms with Gasteiger partial charge in [0.05, 0.1) is 0 Å². The molecule has 27 heavy (non-hydrogen) atoms. The maximum atomic E-state index is 2.74. The molecule has 146 valence electrons. The second-order valence-electron chi connectivity index (χ2n) is 10.1. The summed E-state index contributed by atoms with van der Waals surface area (Å²) in [6.45, 7) is 4.81. The number of allylic oxidation sites excluding steroid dienone is 8. The van der Waals surface area contributed by atoms with Crippen LogP contribution in [0, 0.1) is 0 Å². The van der Waals surface area contributed by atoms with E-state index < -0.39 is 20.3 Å². The van der Waals surface area contributed by atoms with Crippen molar-refractivity contribution in [2.24, 2.45) is 0 Å². The Balaban J connectivity index is 1.55. The summed E-state index contributed by atoms with van der Waals surface area (Å²) in [7, 11) is 0. The summed E-state index contributed by atoms with van der Waals surface area (Å²) in [5.74, 6) is 0. The molecule has 4 aliphatic carbocycles. The average Bonchev–Trinajstić information content (AvgIpc) is 3.23. The normalized spacial score (nSPS) is 31.6. The monoisotopic (exact) mass is 440 g/mol. The zero-order valence-electron chi connectivity index (χ0n) is 17.7. The molecule has 0 N–H and O–H groups in total. The number of hydrogen-bond donors (Lipinski definition) is 0. The van der Waals surface area contributed by atoms with Crippen LogP contribution in [0.4, 0.5) is 0 Å². The van der Waals surface area contributed by atoms with Crippen molar-refractivity contribution in [1.29, 1.82) is 0 Å². The Bertz CT molecular complexity index is 680. The topological polar surface area (TPSA) is 0 Å². The minimum absolute atomic E-state index is 1.02. The van der Waals surface area contributed by atoms with Crippen LogP contribution in [-0.2, 0) is 20.3 Å². The molecule has 0 nitrogen and oxygen atoms in total. The van der Waals surface area contributed by atoms with Gasteiger partial charge in [-0.3, -0.25) is 0 Å². The van der Waals surface area contributed by atoms with Crippen LogP contribution in [0.5, 0.6) is 0 Å². The van der Waals surface area contributed by atoms with Gasteiger partial charge in [0, 0.05) is 0 Å². The predicted molar refractivity (Wildman–Crippen MR) is 114 cm³/mol. The second kappa shape index (κ2) is 7.59. The Morgan fingerprint density at radius 2 is 1.15 bits per heavy atom. The van der Waals surface area contributed by atoms with Gasteiger partial charge in [0.1, 0.15) is 0 Å². The standard InChI is InChI=1S/2C12H17.C2H4.Zr/c2*1-2-5-10-8-11-6-3-4-7-12(11)9-10;1-2;/h2*8-9H,2-7H2,1H3;1-2H2;. The molecule has 0 radical (unpaired) electrons. The third kappa shape index (κ3) is 3.10. The van der Waals surface area contributed by atoms with Crippen molar-refractivity contribution < 1.29 is 20.3 Å². The average molecular weight is 442 g/mol. The molecular formula is C26H38Zr. The van der Waals surface area contributed by atoms with Crippen molar-refractivity contribution >= 4 is 0 Å². The molecule has 1 aliphatic heterocycles. The Labute approximate surface area is 171 Å². The van der Waals surface area contributed by atoms with Crippen LogP contribution >= 0.6 is 0 Å². The van der Waals surface area contributed by atoms with Gasteiger partial charge < -0.3 is 0 Å². The summed E-state index contributed by atoms with van der Waals surface area (Å²) >= 11 is -2.19. The summed E-state index contributed by atoms with van der Waals surface area (Å²) in [5.41, 5.74) is 11.5. The molecule has 1 saturated heterocycles. The number of hydrogen-bond acceptors (Lipinski definition) is 0. The molecule has 0 bridgehead atoms. The third-order valence-electron chi connectivity index (χ3n) is 8.32. The number of rotatable bonds is 6. The van der Waals surface area contributed by atoms with Gasteiger partial charge in [-0.1, -0.05) is 0 Å². The summed E-state index contributed by atoms with van der Waals surface area (Å²) < 4.78 is 5.43. The first kappa shape index (κ1) is 18.8. The van der Waals surface area contributed by atoms with Crippen LogP contribution in [-0.4, -0.2) is 0 Å². The molecule has 0 amide bonds. The van der Waals surface area contributed by atoms with E-state index >= 15 is 0 Å². The molecule has 0 aromatic heterocycles. The Hall–Kier alpha value is -0.157. The zero-order valence-corrected chi connectivity index (χ0v) is 20.2. The molecule has 5 rings (SSSR count). The Kier molecular flexibility index (Phi) is 5.30. The minimum atomic E-state index is -2.19. The van der Waals surface area contributed by atoms with Gasteiger partial charge in [-0.05, 0) is 0 Å². The van der Waals surface area contributed by atoms with Gasteiger partial charge in [0.15, 0.2) is 0 Å². The quantitative estimate of drug-likeness (QED) is 0.386. The van der Waals surface area contributed by atoms with Gasteiger partial charge in [-0.2, -0.15) is 0 Å². The molecule has 0 aromatic rings. The van der Waals surface area contributed by atoms with E-state index in [-0.39, 0.29) is 0 Å². The molecule has 5 aliphatic rings.